The Balaban J connectivity index is 2.00. The molecular formula is C20H25N3O3. The Morgan fingerprint density at radius 1 is 1.04 bits per heavy atom. The van der Waals surface area contributed by atoms with Crippen molar-refractivity contribution >= 4 is 17.8 Å². The van der Waals surface area contributed by atoms with Gasteiger partial charge in [0.15, 0.2) is 11.5 Å². The molecule has 0 aliphatic heterocycles. The van der Waals surface area contributed by atoms with Crippen LogP contribution in [0.5, 0.6) is 11.5 Å². The number of rotatable bonds is 8. The van der Waals surface area contributed by atoms with Crippen LogP contribution in [0.15, 0.2) is 47.6 Å². The lowest BCUT2D eigenvalue weighted by atomic mass is 10.2. The molecule has 0 radical (unpaired) electrons. The van der Waals surface area contributed by atoms with Gasteiger partial charge >= 0.3 is 0 Å². The third-order valence-corrected chi connectivity index (χ3v) is 4.05. The molecule has 0 saturated heterocycles. The standard InChI is InChI=1S/C20H25N3O3/c1-5-23(6-2)17-10-7-15(8-11-17)14-21-22-20(24)16-9-12-18(25-3)19(13-16)26-4/h7-14H,5-6H2,1-4H3,(H,22,24)/b21-14+. The first-order chi connectivity index (χ1) is 12.6. The number of hydrazone groups is 1. The lowest BCUT2D eigenvalue weighted by molar-refractivity contribution is 0.0954. The van der Waals surface area contributed by atoms with Gasteiger partial charge in [0.25, 0.3) is 5.91 Å². The van der Waals surface area contributed by atoms with Gasteiger partial charge in [0.05, 0.1) is 20.4 Å². The van der Waals surface area contributed by atoms with Crippen molar-refractivity contribution in [1.82, 2.24) is 5.43 Å². The summed E-state index contributed by atoms with van der Waals surface area (Å²) in [6.45, 7) is 6.18. The lowest BCUT2D eigenvalue weighted by Gasteiger charge is -2.20. The van der Waals surface area contributed by atoms with E-state index >= 15 is 0 Å². The Morgan fingerprint density at radius 2 is 1.69 bits per heavy atom. The molecule has 26 heavy (non-hydrogen) atoms. The first-order valence-electron chi connectivity index (χ1n) is 8.53. The van der Waals surface area contributed by atoms with Crippen molar-refractivity contribution in [3.8, 4) is 11.5 Å². The number of amides is 1. The SMILES string of the molecule is CCN(CC)c1ccc(/C=N/NC(=O)c2ccc(OC)c(OC)c2)cc1. The number of anilines is 1. The molecule has 2 aromatic carbocycles. The van der Waals surface area contributed by atoms with Crippen LogP contribution in [-0.4, -0.2) is 39.4 Å². The van der Waals surface area contributed by atoms with E-state index in [-0.39, 0.29) is 5.91 Å². The molecule has 0 fully saturated rings. The minimum absolute atomic E-state index is 0.318. The van der Waals surface area contributed by atoms with Crippen LogP contribution in [-0.2, 0) is 0 Å². The number of carbonyl (C=O) groups excluding carboxylic acids is 1. The molecule has 6 heteroatoms. The number of nitrogens with one attached hydrogen (secondary N) is 1. The van der Waals surface area contributed by atoms with Crippen LogP contribution in [0.25, 0.3) is 0 Å². The Labute approximate surface area is 154 Å². The molecule has 1 N–H and O–H groups in total. The van der Waals surface area contributed by atoms with Crippen LogP contribution in [0, 0.1) is 0 Å². The first-order valence-corrected chi connectivity index (χ1v) is 8.53. The number of hydrogen-bond acceptors (Lipinski definition) is 5. The second-order valence-electron chi connectivity index (χ2n) is 5.53. The number of hydrogen-bond donors (Lipinski definition) is 1. The van der Waals surface area contributed by atoms with Gasteiger partial charge in [0.2, 0.25) is 0 Å². The van der Waals surface area contributed by atoms with Crippen molar-refractivity contribution in [2.75, 3.05) is 32.2 Å². The second-order valence-corrected chi connectivity index (χ2v) is 5.53. The number of methoxy groups -OCH3 is 2. The maximum absolute atomic E-state index is 12.2. The number of carbonyl (C=O) groups is 1. The molecule has 0 unspecified atom stereocenters. The summed E-state index contributed by atoms with van der Waals surface area (Å²) in [5.74, 6) is 0.749. The molecule has 0 saturated carbocycles. The van der Waals surface area contributed by atoms with Gasteiger partial charge in [0.1, 0.15) is 0 Å². The predicted molar refractivity (Wildman–Crippen MR) is 105 cm³/mol. The van der Waals surface area contributed by atoms with Gasteiger partial charge in [-0.15, -0.1) is 0 Å². The van der Waals surface area contributed by atoms with Gasteiger partial charge in [-0.05, 0) is 49.7 Å². The monoisotopic (exact) mass is 355 g/mol. The van der Waals surface area contributed by atoms with E-state index in [4.69, 9.17) is 9.47 Å². The highest BCUT2D eigenvalue weighted by atomic mass is 16.5. The molecular weight excluding hydrogens is 330 g/mol. The zero-order valence-electron chi connectivity index (χ0n) is 15.7. The predicted octanol–water partition coefficient (Wildman–Crippen LogP) is 3.31. The van der Waals surface area contributed by atoms with Gasteiger partial charge in [-0.2, -0.15) is 5.10 Å². The molecule has 138 valence electrons. The second kappa shape index (κ2) is 9.46. The molecule has 0 aromatic heterocycles. The molecule has 0 bridgehead atoms. The van der Waals surface area contributed by atoms with Crippen LogP contribution in [0.3, 0.4) is 0 Å². The zero-order valence-corrected chi connectivity index (χ0v) is 15.7. The van der Waals surface area contributed by atoms with Gasteiger partial charge in [-0.25, -0.2) is 5.43 Å². The maximum Gasteiger partial charge on any atom is 0.271 e. The van der Waals surface area contributed by atoms with Crippen molar-refractivity contribution in [3.05, 3.63) is 53.6 Å². The Kier molecular flexibility index (Phi) is 7.02. The molecule has 0 atom stereocenters. The van der Waals surface area contributed by atoms with Crippen molar-refractivity contribution in [1.29, 1.82) is 0 Å². The smallest absolute Gasteiger partial charge is 0.271 e. The largest absolute Gasteiger partial charge is 0.493 e. The molecule has 0 spiro atoms. The molecule has 2 rings (SSSR count). The highest BCUT2D eigenvalue weighted by Crippen LogP contribution is 2.27. The Hall–Kier alpha value is -3.02. The van der Waals surface area contributed by atoms with E-state index in [0.29, 0.717) is 17.1 Å². The summed E-state index contributed by atoms with van der Waals surface area (Å²) in [5.41, 5.74) is 5.04. The van der Waals surface area contributed by atoms with Crippen LogP contribution >= 0.6 is 0 Å². The minimum atomic E-state index is -0.318. The van der Waals surface area contributed by atoms with E-state index in [1.807, 2.05) is 24.3 Å². The summed E-state index contributed by atoms with van der Waals surface area (Å²) in [7, 11) is 3.08. The Bertz CT molecular complexity index is 753. The van der Waals surface area contributed by atoms with Gasteiger partial charge in [-0.3, -0.25) is 4.79 Å². The fourth-order valence-electron chi connectivity index (χ4n) is 2.57. The molecule has 6 nitrogen and oxygen atoms in total. The lowest BCUT2D eigenvalue weighted by Crippen LogP contribution is -2.21. The highest BCUT2D eigenvalue weighted by molar-refractivity contribution is 5.95. The third kappa shape index (κ3) is 4.75. The maximum atomic E-state index is 12.2. The average molecular weight is 355 g/mol. The molecule has 0 heterocycles. The van der Waals surface area contributed by atoms with Gasteiger partial charge in [-0.1, -0.05) is 12.1 Å². The van der Waals surface area contributed by atoms with Gasteiger partial charge in [0, 0.05) is 24.3 Å². The summed E-state index contributed by atoms with van der Waals surface area (Å²) in [4.78, 5) is 14.5. The summed E-state index contributed by atoms with van der Waals surface area (Å²) in [6.07, 6.45) is 1.62. The van der Waals surface area contributed by atoms with Gasteiger partial charge < -0.3 is 14.4 Å². The van der Waals surface area contributed by atoms with Crippen molar-refractivity contribution in [3.63, 3.8) is 0 Å². The van der Waals surface area contributed by atoms with E-state index in [1.54, 1.807) is 31.5 Å². The fourth-order valence-corrected chi connectivity index (χ4v) is 2.57. The van der Waals surface area contributed by atoms with Crippen molar-refractivity contribution in [2.24, 2.45) is 5.10 Å². The van der Waals surface area contributed by atoms with Crippen LogP contribution < -0.4 is 19.8 Å². The zero-order chi connectivity index (χ0) is 18.9. The fraction of sp³-hybridized carbons (Fsp3) is 0.300. The number of ether oxygens (including phenoxy) is 2. The van der Waals surface area contributed by atoms with Crippen LogP contribution in [0.1, 0.15) is 29.8 Å². The topological polar surface area (TPSA) is 63.2 Å². The van der Waals surface area contributed by atoms with Crippen molar-refractivity contribution < 1.29 is 14.3 Å². The normalized spacial score (nSPS) is 10.6. The summed E-state index contributed by atoms with van der Waals surface area (Å²) >= 11 is 0. The first kappa shape index (κ1) is 19.3. The highest BCUT2D eigenvalue weighted by Gasteiger charge is 2.10. The quantitative estimate of drug-likeness (QED) is 0.583. The summed E-state index contributed by atoms with van der Waals surface area (Å²) in [6, 6.07) is 13.0. The molecule has 0 aliphatic carbocycles. The molecule has 0 aliphatic rings. The van der Waals surface area contributed by atoms with Crippen molar-refractivity contribution in [2.45, 2.75) is 13.8 Å². The van der Waals surface area contributed by atoms with E-state index in [2.05, 4.69) is 29.3 Å². The van der Waals surface area contributed by atoms with E-state index < -0.39 is 0 Å². The average Bonchev–Trinajstić information content (AvgIpc) is 2.69. The number of benzene rings is 2. The van der Waals surface area contributed by atoms with E-state index in [1.165, 1.54) is 12.8 Å². The molecule has 2 aromatic rings. The molecule has 1 amide bonds. The Morgan fingerprint density at radius 3 is 2.27 bits per heavy atom. The summed E-state index contributed by atoms with van der Waals surface area (Å²) < 4.78 is 10.4. The minimum Gasteiger partial charge on any atom is -0.493 e. The van der Waals surface area contributed by atoms with E-state index in [9.17, 15) is 4.79 Å². The third-order valence-electron chi connectivity index (χ3n) is 4.05. The van der Waals surface area contributed by atoms with Crippen LogP contribution in [0.4, 0.5) is 5.69 Å². The van der Waals surface area contributed by atoms with E-state index in [0.717, 1.165) is 18.7 Å². The number of nitrogens with zero attached hydrogens (tertiary/aromatic N) is 2. The summed E-state index contributed by atoms with van der Waals surface area (Å²) in [5, 5.41) is 4.02. The van der Waals surface area contributed by atoms with Crippen LogP contribution in [0.2, 0.25) is 0 Å².